The molecular formula is C13H13ClN2O3S. The number of rotatable bonds is 2. The van der Waals surface area contributed by atoms with Crippen molar-refractivity contribution in [1.82, 2.24) is 9.29 Å². The second kappa shape index (κ2) is 5.29. The summed E-state index contributed by atoms with van der Waals surface area (Å²) in [5.74, 6) is 0. The predicted molar refractivity (Wildman–Crippen MR) is 76.3 cm³/mol. The Morgan fingerprint density at radius 3 is 2.65 bits per heavy atom. The summed E-state index contributed by atoms with van der Waals surface area (Å²) in [6.07, 6.45) is 0. The lowest BCUT2D eigenvalue weighted by Crippen LogP contribution is -2.40. The van der Waals surface area contributed by atoms with Crippen LogP contribution in [0.3, 0.4) is 0 Å². The summed E-state index contributed by atoms with van der Waals surface area (Å²) in [5.41, 5.74) is 0.679. The fourth-order valence-electron chi connectivity index (χ4n) is 2.18. The third-order valence-electron chi connectivity index (χ3n) is 3.23. The highest BCUT2D eigenvalue weighted by Crippen LogP contribution is 2.22. The molecule has 1 aromatic carbocycles. The van der Waals surface area contributed by atoms with Crippen molar-refractivity contribution < 1.29 is 13.2 Å². The Morgan fingerprint density at radius 2 is 1.90 bits per heavy atom. The number of halogens is 1. The zero-order valence-electron chi connectivity index (χ0n) is 10.6. The summed E-state index contributed by atoms with van der Waals surface area (Å²) in [6.45, 7) is 1.65. The van der Waals surface area contributed by atoms with Crippen molar-refractivity contribution in [2.45, 2.75) is 4.90 Å². The molecule has 1 fully saturated rings. The van der Waals surface area contributed by atoms with Crippen molar-refractivity contribution in [2.75, 3.05) is 26.3 Å². The maximum atomic E-state index is 12.5. The maximum absolute atomic E-state index is 12.5. The largest absolute Gasteiger partial charge is 0.379 e. The molecule has 3 rings (SSSR count). The predicted octanol–water partition coefficient (Wildman–Crippen LogP) is 1.91. The molecule has 5 nitrogen and oxygen atoms in total. The second-order valence-corrected chi connectivity index (χ2v) is 6.83. The number of aromatic nitrogens is 1. The van der Waals surface area contributed by atoms with Gasteiger partial charge in [-0.05, 0) is 30.3 Å². The third kappa shape index (κ3) is 2.52. The first-order valence-corrected chi connectivity index (χ1v) is 8.03. The van der Waals surface area contributed by atoms with Gasteiger partial charge in [-0.15, -0.1) is 0 Å². The van der Waals surface area contributed by atoms with Crippen LogP contribution in [-0.4, -0.2) is 44.0 Å². The van der Waals surface area contributed by atoms with Gasteiger partial charge >= 0.3 is 0 Å². The van der Waals surface area contributed by atoms with E-state index in [0.717, 1.165) is 5.39 Å². The quantitative estimate of drug-likeness (QED) is 0.795. The lowest BCUT2D eigenvalue weighted by Gasteiger charge is -2.26. The van der Waals surface area contributed by atoms with E-state index in [1.807, 2.05) is 0 Å². The lowest BCUT2D eigenvalue weighted by atomic mass is 10.2. The fraction of sp³-hybridized carbons (Fsp3) is 0.308. The van der Waals surface area contributed by atoms with Crippen LogP contribution >= 0.6 is 11.6 Å². The number of benzene rings is 1. The van der Waals surface area contributed by atoms with E-state index in [1.165, 1.54) is 4.31 Å². The minimum atomic E-state index is -3.47. The topological polar surface area (TPSA) is 59.5 Å². The molecule has 0 unspecified atom stereocenters. The average molecular weight is 313 g/mol. The number of pyridine rings is 1. The molecule has 1 aliphatic heterocycles. The van der Waals surface area contributed by atoms with E-state index in [9.17, 15) is 8.42 Å². The van der Waals surface area contributed by atoms with Crippen molar-refractivity contribution in [3.05, 3.63) is 35.5 Å². The molecule has 0 N–H and O–H groups in total. The molecule has 0 spiro atoms. The van der Waals surface area contributed by atoms with E-state index in [1.54, 1.807) is 30.3 Å². The van der Waals surface area contributed by atoms with Gasteiger partial charge in [0.15, 0.2) is 0 Å². The summed E-state index contributed by atoms with van der Waals surface area (Å²) < 4.78 is 31.7. The van der Waals surface area contributed by atoms with E-state index in [0.29, 0.717) is 37.0 Å². The highest BCUT2D eigenvalue weighted by Gasteiger charge is 2.26. The Bertz CT molecular complexity index is 742. The Kier molecular flexibility index (Phi) is 3.64. The molecule has 2 heterocycles. The van der Waals surface area contributed by atoms with Gasteiger partial charge in [0.25, 0.3) is 0 Å². The van der Waals surface area contributed by atoms with Crippen molar-refractivity contribution in [1.29, 1.82) is 0 Å². The van der Waals surface area contributed by atoms with Gasteiger partial charge in [0.2, 0.25) is 10.0 Å². The van der Waals surface area contributed by atoms with Crippen LogP contribution in [0.4, 0.5) is 0 Å². The van der Waals surface area contributed by atoms with Gasteiger partial charge in [-0.25, -0.2) is 13.4 Å². The van der Waals surface area contributed by atoms with E-state index >= 15 is 0 Å². The Hall–Kier alpha value is -1.21. The molecule has 1 saturated heterocycles. The van der Waals surface area contributed by atoms with Gasteiger partial charge in [-0.2, -0.15) is 4.31 Å². The van der Waals surface area contributed by atoms with Crippen molar-refractivity contribution in [3.63, 3.8) is 0 Å². The SMILES string of the molecule is O=S(=O)(c1ccc2nc(Cl)ccc2c1)N1CCOCC1. The standard InChI is InChI=1S/C13H13ClN2O3S/c14-13-4-1-10-9-11(2-3-12(10)15-13)20(17,18)16-5-7-19-8-6-16/h1-4,9H,5-8H2. The molecule has 1 aromatic heterocycles. The summed E-state index contributed by atoms with van der Waals surface area (Å²) in [4.78, 5) is 4.42. The van der Waals surface area contributed by atoms with Gasteiger partial charge in [0.05, 0.1) is 23.6 Å². The lowest BCUT2D eigenvalue weighted by molar-refractivity contribution is 0.0730. The number of morpholine rings is 1. The molecule has 106 valence electrons. The van der Waals surface area contributed by atoms with Crippen LogP contribution in [0.1, 0.15) is 0 Å². The van der Waals surface area contributed by atoms with Crippen LogP contribution in [-0.2, 0) is 14.8 Å². The van der Waals surface area contributed by atoms with Crippen LogP contribution in [0.2, 0.25) is 5.15 Å². The normalized spacial score (nSPS) is 17.4. The van der Waals surface area contributed by atoms with Crippen molar-refractivity contribution >= 4 is 32.5 Å². The zero-order valence-corrected chi connectivity index (χ0v) is 12.2. The summed E-state index contributed by atoms with van der Waals surface area (Å²) in [6, 6.07) is 8.28. The van der Waals surface area contributed by atoms with Crippen LogP contribution in [0.25, 0.3) is 10.9 Å². The van der Waals surface area contributed by atoms with E-state index < -0.39 is 10.0 Å². The maximum Gasteiger partial charge on any atom is 0.243 e. The smallest absolute Gasteiger partial charge is 0.243 e. The first-order chi connectivity index (χ1) is 9.57. The number of fused-ring (bicyclic) bond motifs is 1. The van der Waals surface area contributed by atoms with Crippen LogP contribution in [0.5, 0.6) is 0 Å². The number of ether oxygens (including phenoxy) is 1. The Morgan fingerprint density at radius 1 is 1.15 bits per heavy atom. The number of hydrogen-bond acceptors (Lipinski definition) is 4. The van der Waals surface area contributed by atoms with Crippen LogP contribution in [0.15, 0.2) is 35.2 Å². The molecule has 1 aliphatic rings. The zero-order chi connectivity index (χ0) is 14.2. The number of nitrogens with zero attached hydrogens (tertiary/aromatic N) is 2. The van der Waals surface area contributed by atoms with E-state index in [4.69, 9.17) is 16.3 Å². The molecule has 2 aromatic rings. The molecule has 0 saturated carbocycles. The van der Waals surface area contributed by atoms with Crippen molar-refractivity contribution in [3.8, 4) is 0 Å². The van der Waals surface area contributed by atoms with Gasteiger partial charge < -0.3 is 4.74 Å². The fourth-order valence-corrected chi connectivity index (χ4v) is 3.77. The first kappa shape index (κ1) is 13.8. The summed E-state index contributed by atoms with van der Waals surface area (Å²) in [5, 5.41) is 1.14. The van der Waals surface area contributed by atoms with E-state index in [2.05, 4.69) is 4.98 Å². The highest BCUT2D eigenvalue weighted by atomic mass is 35.5. The third-order valence-corrected chi connectivity index (χ3v) is 5.34. The second-order valence-electron chi connectivity index (χ2n) is 4.50. The monoisotopic (exact) mass is 312 g/mol. The molecule has 0 amide bonds. The molecule has 7 heteroatoms. The highest BCUT2D eigenvalue weighted by molar-refractivity contribution is 7.89. The first-order valence-electron chi connectivity index (χ1n) is 6.21. The Balaban J connectivity index is 2.02. The Labute approximate surface area is 122 Å². The molecule has 0 bridgehead atoms. The molecule has 0 aliphatic carbocycles. The van der Waals surface area contributed by atoms with E-state index in [-0.39, 0.29) is 4.90 Å². The minimum absolute atomic E-state index is 0.274. The summed E-state index contributed by atoms with van der Waals surface area (Å²) >= 11 is 5.82. The van der Waals surface area contributed by atoms with Crippen molar-refractivity contribution in [2.24, 2.45) is 0 Å². The molecule has 0 atom stereocenters. The van der Waals surface area contributed by atoms with Gasteiger partial charge in [0.1, 0.15) is 5.15 Å². The molecule has 0 radical (unpaired) electrons. The van der Waals surface area contributed by atoms with Gasteiger partial charge in [0, 0.05) is 18.5 Å². The van der Waals surface area contributed by atoms with Gasteiger partial charge in [-0.1, -0.05) is 11.6 Å². The number of hydrogen-bond donors (Lipinski definition) is 0. The number of sulfonamides is 1. The van der Waals surface area contributed by atoms with Crippen LogP contribution < -0.4 is 0 Å². The average Bonchev–Trinajstić information content (AvgIpc) is 2.47. The molecule has 20 heavy (non-hydrogen) atoms. The van der Waals surface area contributed by atoms with Crippen LogP contribution in [0, 0.1) is 0 Å². The molecular weight excluding hydrogens is 300 g/mol. The van der Waals surface area contributed by atoms with Gasteiger partial charge in [-0.3, -0.25) is 0 Å². The minimum Gasteiger partial charge on any atom is -0.379 e. The summed E-state index contributed by atoms with van der Waals surface area (Å²) in [7, 11) is -3.47.